The molecule has 1 atom stereocenters. The van der Waals surface area contributed by atoms with Gasteiger partial charge < -0.3 is 16.0 Å². The normalized spacial score (nSPS) is 18.8. The Hall–Kier alpha value is -1.88. The average molecular weight is 262 g/mol. The van der Waals surface area contributed by atoms with Crippen LogP contribution in [0.15, 0.2) is 18.2 Å². The zero-order chi connectivity index (χ0) is 13.8. The summed E-state index contributed by atoms with van der Waals surface area (Å²) >= 11 is 0. The molecule has 1 heterocycles. The van der Waals surface area contributed by atoms with Gasteiger partial charge >= 0.3 is 0 Å². The topological polar surface area (TPSA) is 74.8 Å². The Labute approximate surface area is 112 Å². The van der Waals surface area contributed by atoms with E-state index in [9.17, 15) is 9.59 Å². The van der Waals surface area contributed by atoms with E-state index in [-0.39, 0.29) is 24.3 Å². The second kappa shape index (κ2) is 5.84. The van der Waals surface area contributed by atoms with Crippen LogP contribution in [0, 0.1) is 13.8 Å². The number of carbonyl (C=O) groups excluding carboxylic acids is 2. The van der Waals surface area contributed by atoms with Crippen molar-refractivity contribution in [2.24, 2.45) is 0 Å². The lowest BCUT2D eigenvalue weighted by molar-refractivity contribution is -0.678. The Morgan fingerprint density at radius 3 is 2.89 bits per heavy atom. The van der Waals surface area contributed by atoms with Gasteiger partial charge in [-0.1, -0.05) is 6.07 Å². The van der Waals surface area contributed by atoms with Crippen molar-refractivity contribution in [1.29, 1.82) is 0 Å². The number of quaternary nitrogens is 1. The van der Waals surface area contributed by atoms with E-state index in [1.54, 1.807) is 0 Å². The molecule has 102 valence electrons. The number of nitrogens with one attached hydrogen (secondary N) is 2. The summed E-state index contributed by atoms with van der Waals surface area (Å²) in [5, 5.41) is 7.52. The van der Waals surface area contributed by atoms with Crippen LogP contribution < -0.4 is 16.0 Å². The van der Waals surface area contributed by atoms with Gasteiger partial charge in [-0.2, -0.15) is 0 Å². The van der Waals surface area contributed by atoms with Gasteiger partial charge in [-0.25, -0.2) is 0 Å². The molecule has 19 heavy (non-hydrogen) atoms. The van der Waals surface area contributed by atoms with E-state index in [0.29, 0.717) is 6.54 Å². The van der Waals surface area contributed by atoms with Crippen molar-refractivity contribution in [3.63, 3.8) is 0 Å². The maximum Gasteiger partial charge on any atom is 0.278 e. The monoisotopic (exact) mass is 262 g/mol. The molecule has 0 aromatic heterocycles. The van der Waals surface area contributed by atoms with Crippen molar-refractivity contribution in [3.05, 3.63) is 29.3 Å². The number of carbonyl (C=O) groups is 2. The molecule has 0 aliphatic carbocycles. The summed E-state index contributed by atoms with van der Waals surface area (Å²) in [5.41, 5.74) is 3.11. The number of anilines is 1. The number of amides is 2. The fourth-order valence-corrected chi connectivity index (χ4v) is 2.12. The predicted molar refractivity (Wildman–Crippen MR) is 72.8 cm³/mol. The highest BCUT2D eigenvalue weighted by Crippen LogP contribution is 2.14. The zero-order valence-corrected chi connectivity index (χ0v) is 11.3. The summed E-state index contributed by atoms with van der Waals surface area (Å²) in [5.74, 6) is -0.178. The fraction of sp³-hybridized carbons (Fsp3) is 0.429. The number of nitrogens with two attached hydrogens (primary N) is 1. The first-order chi connectivity index (χ1) is 9.06. The molecule has 0 spiro atoms. The molecule has 5 nitrogen and oxygen atoms in total. The van der Waals surface area contributed by atoms with Gasteiger partial charge in [0.25, 0.3) is 5.91 Å². The van der Waals surface area contributed by atoms with Gasteiger partial charge in [-0.15, -0.1) is 0 Å². The van der Waals surface area contributed by atoms with E-state index >= 15 is 0 Å². The molecule has 1 aliphatic heterocycles. The molecule has 4 N–H and O–H groups in total. The standard InChI is InChI=1S/C14H19N3O2/c1-9-3-4-11(7-10(9)2)17-13(18)8-12-14(19)16-6-5-15-12/h3-4,7,12,15H,5-6,8H2,1-2H3,(H,16,19)(H,17,18)/p+1/t12-/m1/s1. The van der Waals surface area contributed by atoms with Crippen LogP contribution in [0.25, 0.3) is 0 Å². The number of hydrogen-bond donors (Lipinski definition) is 3. The minimum atomic E-state index is -0.305. The Balaban J connectivity index is 1.93. The molecule has 0 saturated carbocycles. The number of benzene rings is 1. The smallest absolute Gasteiger partial charge is 0.278 e. The van der Waals surface area contributed by atoms with Crippen LogP contribution in [0.4, 0.5) is 5.69 Å². The second-order valence-corrected chi connectivity index (χ2v) is 4.97. The molecule has 1 fully saturated rings. The van der Waals surface area contributed by atoms with Crippen LogP contribution >= 0.6 is 0 Å². The summed E-state index contributed by atoms with van der Waals surface area (Å²) in [4.78, 5) is 23.5. The Morgan fingerprint density at radius 1 is 1.42 bits per heavy atom. The van der Waals surface area contributed by atoms with Gasteiger partial charge in [0.2, 0.25) is 5.91 Å². The van der Waals surface area contributed by atoms with Crippen LogP contribution in [0.5, 0.6) is 0 Å². The van der Waals surface area contributed by atoms with Gasteiger partial charge in [-0.05, 0) is 37.1 Å². The highest BCUT2D eigenvalue weighted by atomic mass is 16.2. The third-order valence-electron chi connectivity index (χ3n) is 3.43. The second-order valence-electron chi connectivity index (χ2n) is 4.97. The minimum absolute atomic E-state index is 0.0542. The lowest BCUT2D eigenvalue weighted by Crippen LogP contribution is -2.96. The van der Waals surface area contributed by atoms with E-state index in [2.05, 4.69) is 10.6 Å². The van der Waals surface area contributed by atoms with Gasteiger partial charge in [0, 0.05) is 5.69 Å². The van der Waals surface area contributed by atoms with Crippen molar-refractivity contribution in [2.45, 2.75) is 26.3 Å². The summed E-state index contributed by atoms with van der Waals surface area (Å²) in [6.45, 7) is 5.54. The van der Waals surface area contributed by atoms with E-state index in [4.69, 9.17) is 0 Å². The Kier molecular flexibility index (Phi) is 4.16. The first-order valence-corrected chi connectivity index (χ1v) is 6.54. The molecule has 0 radical (unpaired) electrons. The number of piperazine rings is 1. The maximum atomic E-state index is 11.9. The summed E-state index contributed by atoms with van der Waals surface area (Å²) in [7, 11) is 0. The van der Waals surface area contributed by atoms with Crippen LogP contribution in [0.1, 0.15) is 17.5 Å². The molecular weight excluding hydrogens is 242 g/mol. The molecule has 5 heteroatoms. The van der Waals surface area contributed by atoms with Crippen molar-refractivity contribution in [1.82, 2.24) is 5.32 Å². The number of hydrogen-bond acceptors (Lipinski definition) is 2. The van der Waals surface area contributed by atoms with Gasteiger partial charge in [0.05, 0.1) is 19.5 Å². The largest absolute Gasteiger partial charge is 0.345 e. The van der Waals surface area contributed by atoms with Crippen molar-refractivity contribution in [3.8, 4) is 0 Å². The molecule has 1 saturated heterocycles. The molecule has 0 unspecified atom stereocenters. The summed E-state index contributed by atoms with van der Waals surface area (Å²) in [6, 6.07) is 5.49. The summed E-state index contributed by atoms with van der Waals surface area (Å²) in [6.07, 6.45) is 0.207. The molecular formula is C14H20N3O2+. The van der Waals surface area contributed by atoms with E-state index in [1.165, 1.54) is 5.56 Å². The van der Waals surface area contributed by atoms with Crippen LogP contribution in [0.2, 0.25) is 0 Å². The minimum Gasteiger partial charge on any atom is -0.345 e. The molecule has 1 aromatic rings. The van der Waals surface area contributed by atoms with Crippen molar-refractivity contribution < 1.29 is 14.9 Å². The number of rotatable bonds is 3. The van der Waals surface area contributed by atoms with E-state index in [1.807, 2.05) is 37.4 Å². The Morgan fingerprint density at radius 2 is 2.21 bits per heavy atom. The molecule has 0 bridgehead atoms. The molecule has 1 aliphatic rings. The highest BCUT2D eigenvalue weighted by Gasteiger charge is 2.27. The number of aryl methyl sites for hydroxylation is 2. The lowest BCUT2D eigenvalue weighted by atomic mass is 10.1. The fourth-order valence-electron chi connectivity index (χ4n) is 2.12. The van der Waals surface area contributed by atoms with Crippen LogP contribution in [0.3, 0.4) is 0 Å². The highest BCUT2D eigenvalue weighted by molar-refractivity contribution is 5.95. The zero-order valence-electron chi connectivity index (χ0n) is 11.3. The van der Waals surface area contributed by atoms with Crippen molar-refractivity contribution >= 4 is 17.5 Å². The maximum absolute atomic E-state index is 11.9. The third kappa shape index (κ3) is 3.54. The van der Waals surface area contributed by atoms with Crippen molar-refractivity contribution in [2.75, 3.05) is 18.4 Å². The molecule has 1 aromatic carbocycles. The first kappa shape index (κ1) is 13.5. The summed E-state index contributed by atoms with van der Waals surface area (Å²) < 4.78 is 0. The van der Waals surface area contributed by atoms with Crippen LogP contribution in [-0.4, -0.2) is 30.9 Å². The van der Waals surface area contributed by atoms with E-state index < -0.39 is 0 Å². The average Bonchev–Trinajstić information content (AvgIpc) is 2.37. The van der Waals surface area contributed by atoms with Gasteiger partial charge in [-0.3, -0.25) is 9.59 Å². The van der Waals surface area contributed by atoms with E-state index in [0.717, 1.165) is 17.8 Å². The lowest BCUT2D eigenvalue weighted by Gasteiger charge is -2.19. The van der Waals surface area contributed by atoms with Gasteiger partial charge in [0.15, 0.2) is 6.04 Å². The SMILES string of the molecule is Cc1ccc(NC(=O)C[C@H]2[NH2+]CCNC2=O)cc1C. The van der Waals surface area contributed by atoms with Gasteiger partial charge in [0.1, 0.15) is 0 Å². The molecule has 2 amide bonds. The first-order valence-electron chi connectivity index (χ1n) is 6.54. The third-order valence-corrected chi connectivity index (χ3v) is 3.43. The Bertz CT molecular complexity index is 499. The molecule has 2 rings (SSSR count). The quantitative estimate of drug-likeness (QED) is 0.699. The predicted octanol–water partition coefficient (Wildman–Crippen LogP) is -0.306. The van der Waals surface area contributed by atoms with Crippen LogP contribution in [-0.2, 0) is 9.59 Å².